The van der Waals surface area contributed by atoms with E-state index in [0.717, 1.165) is 48.1 Å². The number of Topliss-reactive ketones (excluding diaryl/α,β-unsaturated/α-hetero) is 1. The standard InChI is InChI=1S/C61H82O14/c1-57(2)67-37-51-46(72-57)26-25-45-49(69-51)31-53-60(5,73-45)38-59(4)52(71-53)27-24-44(62)47(74-59)30-48-50(65-35-41-20-22-42(63-7)23-21-41)33-58(3)54(70-48)32-56-61(6,75-58)55(66-36-40-17-12-9-13-18-40)29-43(68-56)19-14-28-64-34-39-15-10-8-11-16-39/h8-13,15-18,20-23,43,45-56H,14,19,24-38H2,1-7H3/t43-,45+,46-,47-,48+,49-,50-,51+,52-,53+,54-,55-,56+,58+,59+,60-,61-/m0/s1. The molecule has 0 bridgehead atoms. The van der Waals surface area contributed by atoms with E-state index >= 15 is 0 Å². The SMILES string of the molecule is COc1ccc(CO[C@H]2C[C@@]3(C)O[C@@]4(C)[C@@H](OCc5ccccc5)C[C@H](CCCOCc5ccccc5)O[C@@H]4C[C@@H]3O[C@@H]2C[C@@H]2O[C@]3(C)C[C@]4(C)O[C@@H]5CC[C@@H]6OC(C)(C)OC[C@H]6O[C@H]5C[C@H]4O[C@H]3CCC2=O)cc1. The van der Waals surface area contributed by atoms with Crippen LogP contribution in [0.3, 0.4) is 0 Å². The fourth-order valence-corrected chi connectivity index (χ4v) is 13.9. The number of carbonyl (C=O) groups is 1. The maximum atomic E-state index is 14.5. The van der Waals surface area contributed by atoms with Crippen LogP contribution in [0, 0.1) is 0 Å². The van der Waals surface area contributed by atoms with Crippen LogP contribution in [0.5, 0.6) is 5.75 Å². The van der Waals surface area contributed by atoms with Crippen LogP contribution in [0.4, 0.5) is 0 Å². The molecule has 0 saturated carbocycles. The first-order chi connectivity index (χ1) is 36.1. The number of ether oxygens (including phenoxy) is 13. The van der Waals surface area contributed by atoms with Crippen molar-refractivity contribution in [3.63, 3.8) is 0 Å². The second-order valence-corrected chi connectivity index (χ2v) is 24.2. The number of methoxy groups -OCH3 is 1. The molecule has 3 aromatic rings. The lowest BCUT2D eigenvalue weighted by molar-refractivity contribution is -0.364. The fraction of sp³-hybridized carbons (Fsp3) is 0.689. The molecule has 8 heterocycles. The van der Waals surface area contributed by atoms with Gasteiger partial charge in [0.05, 0.1) is 117 Å². The second-order valence-electron chi connectivity index (χ2n) is 24.2. The maximum absolute atomic E-state index is 14.5. The third-order valence-corrected chi connectivity index (χ3v) is 18.0. The minimum Gasteiger partial charge on any atom is -0.497 e. The highest BCUT2D eigenvalue weighted by Crippen LogP contribution is 2.53. The molecule has 0 amide bonds. The van der Waals surface area contributed by atoms with Crippen molar-refractivity contribution in [1.29, 1.82) is 0 Å². The Morgan fingerprint density at radius 2 is 1.29 bits per heavy atom. The number of carbonyl (C=O) groups excluding carboxylic acids is 1. The van der Waals surface area contributed by atoms with Crippen LogP contribution in [0.15, 0.2) is 84.9 Å². The number of hydrogen-bond donors (Lipinski definition) is 0. The normalized spacial score (nSPS) is 41.3. The molecule has 8 aliphatic heterocycles. The number of ketones is 1. The Balaban J connectivity index is 0.811. The molecule has 8 saturated heterocycles. The minimum absolute atomic E-state index is 0.0472. The van der Waals surface area contributed by atoms with Crippen LogP contribution in [0.25, 0.3) is 0 Å². The van der Waals surface area contributed by atoms with E-state index in [0.29, 0.717) is 84.4 Å². The Hall–Kier alpha value is -3.35. The molecule has 8 aliphatic rings. The summed E-state index contributed by atoms with van der Waals surface area (Å²) in [6.45, 7) is 15.0. The van der Waals surface area contributed by atoms with Crippen LogP contribution >= 0.6 is 0 Å². The van der Waals surface area contributed by atoms with E-state index in [9.17, 15) is 4.79 Å². The van der Waals surface area contributed by atoms with Gasteiger partial charge in [-0.25, -0.2) is 0 Å². The predicted octanol–water partition coefficient (Wildman–Crippen LogP) is 9.72. The Labute approximate surface area is 444 Å². The van der Waals surface area contributed by atoms with E-state index in [-0.39, 0.29) is 66.8 Å². The van der Waals surface area contributed by atoms with E-state index < -0.39 is 46.5 Å². The average Bonchev–Trinajstić information content (AvgIpc) is 3.62. The second kappa shape index (κ2) is 22.1. The monoisotopic (exact) mass is 1040 g/mol. The summed E-state index contributed by atoms with van der Waals surface area (Å²) in [5.74, 6) is 0.175. The van der Waals surface area contributed by atoms with Gasteiger partial charge in [0.1, 0.15) is 23.6 Å². The van der Waals surface area contributed by atoms with Gasteiger partial charge in [-0.15, -0.1) is 0 Å². The zero-order valence-electron chi connectivity index (χ0n) is 45.3. The van der Waals surface area contributed by atoms with Crippen LogP contribution < -0.4 is 4.74 Å². The van der Waals surface area contributed by atoms with Gasteiger partial charge >= 0.3 is 0 Å². The molecule has 0 spiro atoms. The Morgan fingerprint density at radius 3 is 2.04 bits per heavy atom. The number of fused-ring (bicyclic) bond motifs is 6. The molecular weight excluding hydrogens is 957 g/mol. The van der Waals surface area contributed by atoms with Gasteiger partial charge in [-0.1, -0.05) is 72.8 Å². The van der Waals surface area contributed by atoms with Gasteiger partial charge in [0.25, 0.3) is 0 Å². The number of benzene rings is 3. The molecule has 0 N–H and O–H groups in total. The average molecular weight is 1040 g/mol. The predicted molar refractivity (Wildman–Crippen MR) is 277 cm³/mol. The van der Waals surface area contributed by atoms with Crippen molar-refractivity contribution < 1.29 is 66.4 Å². The van der Waals surface area contributed by atoms with Crippen LogP contribution in [-0.4, -0.2) is 134 Å². The van der Waals surface area contributed by atoms with Crippen molar-refractivity contribution >= 4 is 5.78 Å². The van der Waals surface area contributed by atoms with Gasteiger partial charge in [0.2, 0.25) is 0 Å². The third kappa shape index (κ3) is 11.7. The quantitative estimate of drug-likeness (QED) is 0.134. The largest absolute Gasteiger partial charge is 0.497 e. The van der Waals surface area contributed by atoms with Crippen LogP contribution in [0.1, 0.15) is 135 Å². The summed E-state index contributed by atoms with van der Waals surface area (Å²) in [5, 5.41) is 0. The molecule has 0 unspecified atom stereocenters. The molecule has 75 heavy (non-hydrogen) atoms. The highest BCUT2D eigenvalue weighted by Gasteiger charge is 2.64. The van der Waals surface area contributed by atoms with Crippen molar-refractivity contribution in [1.82, 2.24) is 0 Å². The molecule has 8 fully saturated rings. The van der Waals surface area contributed by atoms with Crippen molar-refractivity contribution in [3.8, 4) is 5.75 Å². The van der Waals surface area contributed by atoms with Gasteiger partial charge < -0.3 is 61.6 Å². The molecular formula is C61H82O14. The van der Waals surface area contributed by atoms with Crippen molar-refractivity contribution in [2.45, 2.75) is 246 Å². The summed E-state index contributed by atoms with van der Waals surface area (Å²) in [4.78, 5) is 14.5. The maximum Gasteiger partial charge on any atom is 0.163 e. The van der Waals surface area contributed by atoms with E-state index in [1.165, 1.54) is 0 Å². The lowest BCUT2D eigenvalue weighted by atomic mass is 9.72. The van der Waals surface area contributed by atoms with Gasteiger partial charge in [-0.05, 0) is 102 Å². The molecule has 11 rings (SSSR count). The first-order valence-corrected chi connectivity index (χ1v) is 28.1. The Bertz CT molecular complexity index is 2370. The fourth-order valence-electron chi connectivity index (χ4n) is 13.9. The highest BCUT2D eigenvalue weighted by atomic mass is 16.7. The molecule has 3 aromatic carbocycles. The molecule has 410 valence electrons. The third-order valence-electron chi connectivity index (χ3n) is 18.0. The first-order valence-electron chi connectivity index (χ1n) is 28.1. The van der Waals surface area contributed by atoms with Gasteiger partial charge in [-0.2, -0.15) is 0 Å². The summed E-state index contributed by atoms with van der Waals surface area (Å²) in [6, 6.07) is 28.5. The summed E-state index contributed by atoms with van der Waals surface area (Å²) in [6.07, 6.45) is 3.91. The summed E-state index contributed by atoms with van der Waals surface area (Å²) in [7, 11) is 1.67. The molecule has 0 radical (unpaired) electrons. The van der Waals surface area contributed by atoms with E-state index in [2.05, 4.69) is 52.0 Å². The topological polar surface area (TPSA) is 137 Å². The smallest absolute Gasteiger partial charge is 0.163 e. The van der Waals surface area contributed by atoms with E-state index in [4.69, 9.17) is 61.6 Å². The molecule has 0 aromatic heterocycles. The van der Waals surface area contributed by atoms with Crippen molar-refractivity contribution in [2.75, 3.05) is 20.3 Å². The molecule has 0 aliphatic carbocycles. The Kier molecular flexibility index (Phi) is 15.8. The Morgan fingerprint density at radius 1 is 0.613 bits per heavy atom. The van der Waals surface area contributed by atoms with E-state index in [1.54, 1.807) is 7.11 Å². The van der Waals surface area contributed by atoms with Crippen molar-refractivity contribution in [2.24, 2.45) is 0 Å². The van der Waals surface area contributed by atoms with Crippen LogP contribution in [-0.2, 0) is 81.5 Å². The number of hydrogen-bond acceptors (Lipinski definition) is 14. The first kappa shape index (κ1) is 53.6. The summed E-state index contributed by atoms with van der Waals surface area (Å²) >= 11 is 0. The highest BCUT2D eigenvalue weighted by molar-refractivity contribution is 5.83. The van der Waals surface area contributed by atoms with Gasteiger partial charge in [0.15, 0.2) is 11.6 Å². The lowest BCUT2D eigenvalue weighted by Gasteiger charge is -2.61. The van der Waals surface area contributed by atoms with Crippen LogP contribution in [0.2, 0.25) is 0 Å². The number of rotatable bonds is 15. The van der Waals surface area contributed by atoms with Gasteiger partial charge in [0, 0.05) is 51.6 Å². The van der Waals surface area contributed by atoms with Crippen molar-refractivity contribution in [3.05, 3.63) is 102 Å². The lowest BCUT2D eigenvalue weighted by Crippen LogP contribution is -2.72. The molecule has 17 atom stereocenters. The minimum atomic E-state index is -0.805. The zero-order valence-corrected chi connectivity index (χ0v) is 45.3. The van der Waals surface area contributed by atoms with Gasteiger partial charge in [-0.3, -0.25) is 4.79 Å². The molecule has 14 heteroatoms. The summed E-state index contributed by atoms with van der Waals surface area (Å²) in [5.41, 5.74) is 0.263. The summed E-state index contributed by atoms with van der Waals surface area (Å²) < 4.78 is 87.8. The zero-order chi connectivity index (χ0) is 52.0. The molecule has 14 nitrogen and oxygen atoms in total. The van der Waals surface area contributed by atoms with E-state index in [1.807, 2.05) is 74.5 Å².